The summed E-state index contributed by atoms with van der Waals surface area (Å²) in [6, 6.07) is 5.71. The Kier molecular flexibility index (Phi) is 6.88. The molecule has 0 spiro atoms. The first-order valence-corrected chi connectivity index (χ1v) is 9.70. The number of hydrogen-bond acceptors (Lipinski definition) is 3. The minimum Gasteiger partial charge on any atom is -0.506 e. The molecule has 0 aliphatic carbocycles. The van der Waals surface area contributed by atoms with E-state index in [1.807, 2.05) is 12.1 Å². The van der Waals surface area contributed by atoms with Crippen molar-refractivity contribution in [3.63, 3.8) is 0 Å². The lowest BCUT2D eigenvalue weighted by molar-refractivity contribution is -0.114. The zero-order chi connectivity index (χ0) is 18.4. The molecule has 1 aliphatic rings. The van der Waals surface area contributed by atoms with E-state index in [0.717, 1.165) is 25.1 Å². The molecule has 0 unspecified atom stereocenters. The Bertz CT molecular complexity index is 587. The van der Waals surface area contributed by atoms with Crippen LogP contribution in [0.4, 0.5) is 5.69 Å². The highest BCUT2D eigenvalue weighted by Crippen LogP contribution is 2.41. The number of hydrogen-bond donors (Lipinski definition) is 2. The van der Waals surface area contributed by atoms with Gasteiger partial charge in [-0.2, -0.15) is 0 Å². The first-order valence-electron chi connectivity index (χ1n) is 9.70. The molecule has 2 atom stereocenters. The zero-order valence-corrected chi connectivity index (χ0v) is 16.3. The van der Waals surface area contributed by atoms with Crippen LogP contribution < -0.4 is 5.32 Å². The van der Waals surface area contributed by atoms with Gasteiger partial charge in [-0.05, 0) is 55.0 Å². The molecule has 2 N–H and O–H groups in total. The van der Waals surface area contributed by atoms with Crippen LogP contribution >= 0.6 is 0 Å². The third kappa shape index (κ3) is 4.97. The Balaban J connectivity index is 2.02. The summed E-state index contributed by atoms with van der Waals surface area (Å²) >= 11 is 0. The van der Waals surface area contributed by atoms with Gasteiger partial charge in [0.1, 0.15) is 5.75 Å². The fourth-order valence-corrected chi connectivity index (χ4v) is 3.89. The Morgan fingerprint density at radius 3 is 2.72 bits per heavy atom. The number of likely N-dealkylation sites (tertiary alicyclic amines) is 1. The summed E-state index contributed by atoms with van der Waals surface area (Å²) in [5.41, 5.74) is 1.71. The van der Waals surface area contributed by atoms with Crippen molar-refractivity contribution < 1.29 is 9.90 Å². The quantitative estimate of drug-likeness (QED) is 0.563. The molecular weight excluding hydrogens is 312 g/mol. The van der Waals surface area contributed by atoms with E-state index in [0.29, 0.717) is 11.6 Å². The smallest absolute Gasteiger partial charge is 0.221 e. The maximum absolute atomic E-state index is 11.2. The van der Waals surface area contributed by atoms with Gasteiger partial charge in [-0.1, -0.05) is 46.1 Å². The molecule has 1 heterocycles. The predicted octanol–water partition coefficient (Wildman–Crippen LogP) is 4.53. The van der Waals surface area contributed by atoms with Gasteiger partial charge in [0, 0.05) is 13.5 Å². The van der Waals surface area contributed by atoms with E-state index in [1.165, 1.54) is 39.2 Å². The molecule has 1 aliphatic heterocycles. The summed E-state index contributed by atoms with van der Waals surface area (Å²) in [7, 11) is 0. The van der Waals surface area contributed by atoms with Crippen molar-refractivity contribution in [1.82, 2.24) is 4.90 Å². The normalized spacial score (nSPS) is 24.2. The summed E-state index contributed by atoms with van der Waals surface area (Å²) in [5, 5.41) is 12.9. The number of amides is 1. The van der Waals surface area contributed by atoms with Gasteiger partial charge in [-0.15, -0.1) is 0 Å². The number of nitrogens with one attached hydrogen (secondary N) is 1. The van der Waals surface area contributed by atoms with Crippen molar-refractivity contribution in [1.29, 1.82) is 0 Å². The number of aromatic hydroxyl groups is 1. The fraction of sp³-hybridized carbons (Fsp3) is 0.667. The summed E-state index contributed by atoms with van der Waals surface area (Å²) in [4.78, 5) is 13.8. The van der Waals surface area contributed by atoms with Gasteiger partial charge >= 0.3 is 0 Å². The van der Waals surface area contributed by atoms with E-state index >= 15 is 0 Å². The molecule has 1 fully saturated rings. The molecule has 4 heteroatoms. The monoisotopic (exact) mass is 346 g/mol. The minimum absolute atomic E-state index is 0.0617. The van der Waals surface area contributed by atoms with Crippen LogP contribution in [0.25, 0.3) is 0 Å². The lowest BCUT2D eigenvalue weighted by Gasteiger charge is -2.45. The van der Waals surface area contributed by atoms with Crippen molar-refractivity contribution in [2.75, 3.05) is 25.0 Å². The number of phenols is 1. The number of phenolic OH excluding ortho intramolecular Hbond substituents is 1. The number of piperidine rings is 1. The molecule has 0 aromatic heterocycles. The molecule has 0 saturated carbocycles. The SMILES string of the molecule is CCCCCCN1CC[C@](C)(c2ccc(NC(C)=O)c(O)c2)[C@H](C)C1. The molecule has 0 radical (unpaired) electrons. The molecular formula is C21H34N2O2. The summed E-state index contributed by atoms with van der Waals surface area (Å²) in [6.07, 6.45) is 6.34. The maximum Gasteiger partial charge on any atom is 0.221 e. The third-order valence-corrected chi connectivity index (χ3v) is 5.86. The highest BCUT2D eigenvalue weighted by molar-refractivity contribution is 5.90. The average Bonchev–Trinajstić information content (AvgIpc) is 2.56. The van der Waals surface area contributed by atoms with Crippen LogP contribution in [-0.4, -0.2) is 35.5 Å². The van der Waals surface area contributed by atoms with E-state index < -0.39 is 0 Å². The second-order valence-corrected chi connectivity index (χ2v) is 7.84. The Morgan fingerprint density at radius 1 is 1.36 bits per heavy atom. The van der Waals surface area contributed by atoms with E-state index in [9.17, 15) is 9.90 Å². The zero-order valence-electron chi connectivity index (χ0n) is 16.3. The summed E-state index contributed by atoms with van der Waals surface area (Å²) < 4.78 is 0. The number of carbonyl (C=O) groups is 1. The second-order valence-electron chi connectivity index (χ2n) is 7.84. The topological polar surface area (TPSA) is 52.6 Å². The summed E-state index contributed by atoms with van der Waals surface area (Å²) in [6.45, 7) is 11.7. The molecule has 25 heavy (non-hydrogen) atoms. The van der Waals surface area contributed by atoms with Crippen molar-refractivity contribution >= 4 is 11.6 Å². The van der Waals surface area contributed by atoms with Crippen molar-refractivity contribution in [3.05, 3.63) is 23.8 Å². The lowest BCUT2D eigenvalue weighted by atomic mass is 9.68. The molecule has 1 aromatic rings. The number of anilines is 1. The van der Waals surface area contributed by atoms with Crippen molar-refractivity contribution in [2.24, 2.45) is 5.92 Å². The molecule has 0 bridgehead atoms. The number of rotatable bonds is 7. The molecule has 1 saturated heterocycles. The van der Waals surface area contributed by atoms with Crippen LogP contribution in [0.2, 0.25) is 0 Å². The first-order chi connectivity index (χ1) is 11.9. The first kappa shape index (κ1) is 19.8. The molecule has 4 nitrogen and oxygen atoms in total. The van der Waals surface area contributed by atoms with Gasteiger partial charge in [0.25, 0.3) is 0 Å². The van der Waals surface area contributed by atoms with Crippen LogP contribution in [0.5, 0.6) is 5.75 Å². The largest absolute Gasteiger partial charge is 0.506 e. The molecule has 1 aromatic carbocycles. The number of benzene rings is 1. The number of carbonyl (C=O) groups excluding carboxylic acids is 1. The minimum atomic E-state index is -0.168. The van der Waals surface area contributed by atoms with Crippen LogP contribution in [0.15, 0.2) is 18.2 Å². The van der Waals surface area contributed by atoms with Crippen molar-refractivity contribution in [3.8, 4) is 5.75 Å². The van der Waals surface area contributed by atoms with Gasteiger partial charge < -0.3 is 15.3 Å². The number of unbranched alkanes of at least 4 members (excludes halogenated alkanes) is 3. The molecule has 1 amide bonds. The Hall–Kier alpha value is -1.55. The van der Waals surface area contributed by atoms with Gasteiger partial charge in [0.2, 0.25) is 5.91 Å². The van der Waals surface area contributed by atoms with Gasteiger partial charge in [0.05, 0.1) is 5.69 Å². The van der Waals surface area contributed by atoms with E-state index in [-0.39, 0.29) is 17.1 Å². The number of nitrogens with zero attached hydrogens (tertiary/aromatic N) is 1. The Labute approximate surface area is 152 Å². The van der Waals surface area contributed by atoms with Crippen molar-refractivity contribution in [2.45, 2.75) is 65.2 Å². The lowest BCUT2D eigenvalue weighted by Crippen LogP contribution is -2.47. The molecule has 140 valence electrons. The van der Waals surface area contributed by atoms with Crippen LogP contribution in [-0.2, 0) is 10.2 Å². The highest BCUT2D eigenvalue weighted by Gasteiger charge is 2.38. The average molecular weight is 347 g/mol. The third-order valence-electron chi connectivity index (χ3n) is 5.86. The Morgan fingerprint density at radius 2 is 2.12 bits per heavy atom. The standard InChI is InChI=1S/C21H34N2O2/c1-5-6-7-8-12-23-13-11-21(4,16(2)15-23)18-9-10-19(20(25)14-18)22-17(3)24/h9-10,14,16,25H,5-8,11-13,15H2,1-4H3,(H,22,24)/t16-,21+/m1/s1. The van der Waals surface area contributed by atoms with E-state index in [1.54, 1.807) is 0 Å². The fourth-order valence-electron chi connectivity index (χ4n) is 3.89. The van der Waals surface area contributed by atoms with Crippen LogP contribution in [0.1, 0.15) is 65.4 Å². The van der Waals surface area contributed by atoms with E-state index in [4.69, 9.17) is 0 Å². The second kappa shape index (κ2) is 8.70. The van der Waals surface area contributed by atoms with Gasteiger partial charge in [-0.3, -0.25) is 4.79 Å². The maximum atomic E-state index is 11.2. The van der Waals surface area contributed by atoms with Gasteiger partial charge in [0.15, 0.2) is 0 Å². The van der Waals surface area contributed by atoms with Crippen LogP contribution in [0, 0.1) is 5.92 Å². The van der Waals surface area contributed by atoms with Crippen LogP contribution in [0.3, 0.4) is 0 Å². The molecule has 2 rings (SSSR count). The summed E-state index contributed by atoms with van der Waals surface area (Å²) in [5.74, 6) is 0.514. The van der Waals surface area contributed by atoms with Gasteiger partial charge in [-0.25, -0.2) is 0 Å². The predicted molar refractivity (Wildman–Crippen MR) is 104 cm³/mol. The van der Waals surface area contributed by atoms with E-state index in [2.05, 4.69) is 37.1 Å². The highest BCUT2D eigenvalue weighted by atomic mass is 16.3.